The molecule has 0 unspecified atom stereocenters. The molecular weight excluding hydrogens is 286 g/mol. The Morgan fingerprint density at radius 2 is 1.91 bits per heavy atom. The summed E-state index contributed by atoms with van der Waals surface area (Å²) in [7, 11) is 0. The number of benzene rings is 1. The Kier molecular flexibility index (Phi) is 7.76. The molecule has 0 saturated heterocycles. The molecule has 0 atom stereocenters. The Morgan fingerprint density at radius 3 is 2.43 bits per heavy atom. The normalized spacial score (nSPS) is 9.70. The van der Waals surface area contributed by atoms with Gasteiger partial charge in [0, 0.05) is 18.5 Å². The summed E-state index contributed by atoms with van der Waals surface area (Å²) in [5.41, 5.74) is 3.18. The first-order valence-electron chi connectivity index (χ1n) is 8.19. The Bertz CT molecular complexity index is 663. The van der Waals surface area contributed by atoms with Crippen LogP contribution in [0.15, 0.2) is 24.3 Å². The van der Waals surface area contributed by atoms with Crippen LogP contribution in [-0.2, 0) is 13.0 Å². The monoisotopic (exact) mass is 311 g/mol. The third-order valence-electron chi connectivity index (χ3n) is 3.62. The predicted octanol–water partition coefficient (Wildman–Crippen LogP) is 4.29. The van der Waals surface area contributed by atoms with E-state index in [2.05, 4.69) is 22.5 Å². The number of carbonyl (C=O) groups is 1. The number of aldehydes is 1. The molecule has 1 aromatic carbocycles. The van der Waals surface area contributed by atoms with Crippen LogP contribution in [0.25, 0.3) is 0 Å². The first kappa shape index (κ1) is 18.6. The van der Waals surface area contributed by atoms with Gasteiger partial charge in [0.05, 0.1) is 5.69 Å². The highest BCUT2D eigenvalue weighted by Gasteiger charge is 2.13. The smallest absolute Gasteiger partial charge is 0.161 e. The van der Waals surface area contributed by atoms with Crippen LogP contribution in [0.3, 0.4) is 0 Å². The molecule has 2 aromatic rings. The van der Waals surface area contributed by atoms with E-state index in [1.54, 1.807) is 0 Å². The molecular formula is C19H25N3O. The van der Waals surface area contributed by atoms with Crippen molar-refractivity contribution >= 4 is 6.29 Å². The van der Waals surface area contributed by atoms with Gasteiger partial charge in [-0.1, -0.05) is 51.5 Å². The van der Waals surface area contributed by atoms with E-state index < -0.39 is 0 Å². The van der Waals surface area contributed by atoms with Crippen molar-refractivity contribution < 1.29 is 4.79 Å². The van der Waals surface area contributed by atoms with Crippen molar-refractivity contribution in [2.45, 2.75) is 53.5 Å². The Morgan fingerprint density at radius 1 is 1.26 bits per heavy atom. The summed E-state index contributed by atoms with van der Waals surface area (Å²) in [6.45, 7) is 8.75. The van der Waals surface area contributed by atoms with Crippen LogP contribution in [0.2, 0.25) is 0 Å². The molecule has 4 heteroatoms. The van der Waals surface area contributed by atoms with Gasteiger partial charge >= 0.3 is 0 Å². The van der Waals surface area contributed by atoms with Crippen LogP contribution in [0.5, 0.6) is 0 Å². The second kappa shape index (κ2) is 9.58. The molecule has 1 heterocycles. The van der Waals surface area contributed by atoms with Crippen molar-refractivity contribution in [1.82, 2.24) is 9.55 Å². The molecule has 2 rings (SSSR count). The molecule has 0 aliphatic heterocycles. The van der Waals surface area contributed by atoms with Crippen LogP contribution in [0, 0.1) is 18.3 Å². The van der Waals surface area contributed by atoms with Gasteiger partial charge in [0.2, 0.25) is 0 Å². The van der Waals surface area contributed by atoms with Crippen LogP contribution >= 0.6 is 0 Å². The summed E-state index contributed by atoms with van der Waals surface area (Å²) >= 11 is 0. The average Bonchev–Trinajstić information content (AvgIpc) is 2.91. The number of aromatic nitrogens is 2. The Labute approximate surface area is 138 Å². The highest BCUT2D eigenvalue weighted by molar-refractivity contribution is 5.74. The van der Waals surface area contributed by atoms with E-state index in [1.165, 1.54) is 0 Å². The van der Waals surface area contributed by atoms with Crippen molar-refractivity contribution in [3.8, 4) is 6.07 Å². The number of nitrogens with zero attached hydrogens (tertiary/aromatic N) is 3. The molecule has 0 radical (unpaired) electrons. The number of aryl methyl sites for hydroxylation is 1. The molecule has 1 aromatic heterocycles. The second-order valence-corrected chi connectivity index (χ2v) is 5.12. The van der Waals surface area contributed by atoms with E-state index >= 15 is 0 Å². The van der Waals surface area contributed by atoms with E-state index in [0.29, 0.717) is 17.8 Å². The Hall–Kier alpha value is -2.41. The number of hydrogen-bond donors (Lipinski definition) is 0. The van der Waals surface area contributed by atoms with Gasteiger partial charge in [-0.15, -0.1) is 0 Å². The quantitative estimate of drug-likeness (QED) is 0.748. The molecule has 0 saturated carbocycles. The number of carbonyl (C=O) groups excluding carboxylic acids is 1. The minimum atomic E-state index is 0.505. The standard InChI is InChI=1S/C17H19N3O.C2H6/c1-3-4-5-17-19-16(10-18)13(2)20(17)11-14-6-8-15(12-21)9-7-14;1-2/h6-9,12H,3-5,11H2,1-2H3;1-2H3. The van der Waals surface area contributed by atoms with Gasteiger partial charge in [0.25, 0.3) is 0 Å². The number of nitriles is 1. The third-order valence-corrected chi connectivity index (χ3v) is 3.62. The van der Waals surface area contributed by atoms with Crippen LogP contribution < -0.4 is 0 Å². The molecule has 0 N–H and O–H groups in total. The number of hydrogen-bond acceptors (Lipinski definition) is 3. The molecule has 0 fully saturated rings. The van der Waals surface area contributed by atoms with Crippen LogP contribution in [0.1, 0.15) is 66.7 Å². The van der Waals surface area contributed by atoms with Crippen molar-refractivity contribution in [3.05, 3.63) is 52.6 Å². The van der Waals surface area contributed by atoms with E-state index in [9.17, 15) is 4.79 Å². The molecule has 0 amide bonds. The second-order valence-electron chi connectivity index (χ2n) is 5.12. The molecule has 0 aliphatic rings. The molecule has 4 nitrogen and oxygen atoms in total. The fourth-order valence-corrected chi connectivity index (χ4v) is 2.32. The average molecular weight is 311 g/mol. The van der Waals surface area contributed by atoms with Gasteiger partial charge in [-0.25, -0.2) is 4.98 Å². The first-order chi connectivity index (χ1) is 11.2. The summed E-state index contributed by atoms with van der Waals surface area (Å²) in [5.74, 6) is 0.963. The van der Waals surface area contributed by atoms with Gasteiger partial charge in [-0.2, -0.15) is 5.26 Å². The highest BCUT2D eigenvalue weighted by Crippen LogP contribution is 2.16. The zero-order valence-corrected chi connectivity index (χ0v) is 14.5. The lowest BCUT2D eigenvalue weighted by Crippen LogP contribution is -2.07. The maximum Gasteiger partial charge on any atom is 0.161 e. The van der Waals surface area contributed by atoms with Gasteiger partial charge in [0.15, 0.2) is 5.69 Å². The molecule has 122 valence electrons. The van der Waals surface area contributed by atoms with Crippen molar-refractivity contribution in [1.29, 1.82) is 5.26 Å². The predicted molar refractivity (Wildman–Crippen MR) is 92.6 cm³/mol. The molecule has 0 bridgehead atoms. The summed E-state index contributed by atoms with van der Waals surface area (Å²) in [6, 6.07) is 9.67. The minimum absolute atomic E-state index is 0.505. The lowest BCUT2D eigenvalue weighted by molar-refractivity contribution is 0.112. The van der Waals surface area contributed by atoms with Crippen LogP contribution in [0.4, 0.5) is 0 Å². The van der Waals surface area contributed by atoms with Crippen LogP contribution in [-0.4, -0.2) is 15.8 Å². The summed E-state index contributed by atoms with van der Waals surface area (Å²) in [5, 5.41) is 9.15. The van der Waals surface area contributed by atoms with E-state index in [4.69, 9.17) is 5.26 Å². The zero-order chi connectivity index (χ0) is 17.2. The topological polar surface area (TPSA) is 58.7 Å². The zero-order valence-electron chi connectivity index (χ0n) is 14.5. The summed E-state index contributed by atoms with van der Waals surface area (Å²) < 4.78 is 2.10. The number of rotatable bonds is 6. The maximum absolute atomic E-state index is 10.7. The van der Waals surface area contributed by atoms with E-state index in [1.807, 2.05) is 45.0 Å². The van der Waals surface area contributed by atoms with Crippen molar-refractivity contribution in [2.75, 3.05) is 0 Å². The molecule has 0 aliphatic carbocycles. The largest absolute Gasteiger partial charge is 0.326 e. The Balaban J connectivity index is 0.00000127. The lowest BCUT2D eigenvalue weighted by atomic mass is 10.1. The van der Waals surface area contributed by atoms with Gasteiger partial charge in [0.1, 0.15) is 18.2 Å². The number of imidazole rings is 1. The highest BCUT2D eigenvalue weighted by atomic mass is 16.1. The fraction of sp³-hybridized carbons (Fsp3) is 0.421. The molecule has 0 spiro atoms. The summed E-state index contributed by atoms with van der Waals surface area (Å²) in [4.78, 5) is 15.1. The third kappa shape index (κ3) is 4.79. The number of unbranched alkanes of at least 4 members (excludes halogenated alkanes) is 1. The summed E-state index contributed by atoms with van der Waals surface area (Å²) in [6.07, 6.45) is 3.88. The fourth-order valence-electron chi connectivity index (χ4n) is 2.32. The van der Waals surface area contributed by atoms with Gasteiger partial charge in [-0.05, 0) is 18.9 Å². The maximum atomic E-state index is 10.7. The van der Waals surface area contributed by atoms with Crippen molar-refractivity contribution in [2.24, 2.45) is 0 Å². The molecule has 23 heavy (non-hydrogen) atoms. The van der Waals surface area contributed by atoms with Gasteiger partial charge < -0.3 is 4.57 Å². The first-order valence-corrected chi connectivity index (χ1v) is 8.19. The SMILES string of the molecule is CC.CCCCc1nc(C#N)c(C)n1Cc1ccc(C=O)cc1. The van der Waals surface area contributed by atoms with Gasteiger partial charge in [-0.3, -0.25) is 4.79 Å². The van der Waals surface area contributed by atoms with Crippen molar-refractivity contribution in [3.63, 3.8) is 0 Å². The minimum Gasteiger partial charge on any atom is -0.326 e. The van der Waals surface area contributed by atoms with E-state index in [0.717, 1.165) is 42.6 Å². The lowest BCUT2D eigenvalue weighted by Gasteiger charge is -2.10. The van der Waals surface area contributed by atoms with E-state index in [-0.39, 0.29) is 0 Å².